The second-order valence-electron chi connectivity index (χ2n) is 4.35. The van der Waals surface area contributed by atoms with Crippen LogP contribution >= 0.6 is 11.6 Å². The van der Waals surface area contributed by atoms with Crippen molar-refractivity contribution in [2.45, 2.75) is 37.0 Å². The second-order valence-corrected chi connectivity index (χ2v) is 6.33. The van der Waals surface area contributed by atoms with Crippen molar-refractivity contribution in [3.63, 3.8) is 0 Å². The summed E-state index contributed by atoms with van der Waals surface area (Å²) in [4.78, 5) is 11.9. The van der Waals surface area contributed by atoms with Crippen molar-refractivity contribution in [3.8, 4) is 0 Å². The van der Waals surface area contributed by atoms with E-state index in [0.29, 0.717) is 0 Å². The summed E-state index contributed by atoms with van der Waals surface area (Å²) >= 11 is 5.49. The summed E-state index contributed by atoms with van der Waals surface area (Å²) in [7, 11) is -4.11. The highest BCUT2D eigenvalue weighted by molar-refractivity contribution is 7.89. The van der Waals surface area contributed by atoms with Crippen molar-refractivity contribution in [2.24, 2.45) is 5.73 Å². The van der Waals surface area contributed by atoms with E-state index in [4.69, 9.17) is 22.8 Å². The highest BCUT2D eigenvalue weighted by Crippen LogP contribution is 2.13. The molecule has 0 heterocycles. The molecule has 7 heteroatoms. The van der Waals surface area contributed by atoms with Crippen molar-refractivity contribution < 1.29 is 18.7 Å². The van der Waals surface area contributed by atoms with Crippen LogP contribution < -0.4 is 10.5 Å². The van der Waals surface area contributed by atoms with Crippen molar-refractivity contribution in [1.29, 1.82) is 0 Å². The van der Waals surface area contributed by atoms with Crippen molar-refractivity contribution in [1.82, 2.24) is 4.72 Å². The number of carbonyl (C=O) groups excluding carboxylic acids is 1. The molecule has 1 rings (SSSR count). The van der Waals surface area contributed by atoms with Crippen LogP contribution in [0, 0.1) is 6.92 Å². The number of ketones is 1. The third kappa shape index (κ3) is 5.74. The first-order chi connectivity index (χ1) is 11.4. The minimum Gasteiger partial charge on any atom is -0.330 e. The summed E-state index contributed by atoms with van der Waals surface area (Å²) < 4.78 is 58.0. The molecule has 0 spiro atoms. The number of hydrogen-bond donors (Lipinski definition) is 2. The smallest absolute Gasteiger partial charge is 0.241 e. The SMILES string of the molecule is [3H]C([3H])(CN)C([3H])([3H])C[C@H](NS(=O)(=O)c1ccc(C)cc1)C(=O)CCl. The van der Waals surface area contributed by atoms with Crippen LogP contribution in [0.1, 0.15) is 30.2 Å². The molecule has 0 aliphatic rings. The molecule has 0 fully saturated rings. The Hall–Kier alpha value is -0.950. The first-order valence-electron chi connectivity index (χ1n) is 8.24. The van der Waals surface area contributed by atoms with Gasteiger partial charge in [0.1, 0.15) is 0 Å². The Bertz CT molecular complexity index is 711. The first-order valence-corrected chi connectivity index (χ1v) is 8.26. The summed E-state index contributed by atoms with van der Waals surface area (Å²) in [5.74, 6) is -1.29. The van der Waals surface area contributed by atoms with E-state index in [1.54, 1.807) is 19.1 Å². The highest BCUT2D eigenvalue weighted by atomic mass is 35.5. The van der Waals surface area contributed by atoms with Gasteiger partial charge in [-0.15, -0.1) is 11.6 Å². The number of hydrogen-bond acceptors (Lipinski definition) is 4. The predicted molar refractivity (Wildman–Crippen MR) is 83.9 cm³/mol. The molecule has 0 unspecified atom stereocenters. The van der Waals surface area contributed by atoms with Gasteiger partial charge in [0.05, 0.1) is 16.8 Å². The molecule has 0 bridgehead atoms. The minimum atomic E-state index is -4.11. The molecule has 21 heavy (non-hydrogen) atoms. The van der Waals surface area contributed by atoms with Crippen LogP contribution in [-0.2, 0) is 14.8 Å². The number of benzene rings is 1. The fourth-order valence-electron chi connectivity index (χ4n) is 1.53. The van der Waals surface area contributed by atoms with E-state index < -0.39 is 53.4 Å². The standard InChI is InChI=1S/C14H21ClN2O3S/c1-11-5-7-12(8-6-11)21(19,20)17-13(14(18)10-15)4-2-3-9-16/h5-8,13,17H,2-4,9-10,16H2,1H3/t13-/m0/s1/i2T2,3T2. The van der Waals surface area contributed by atoms with Gasteiger partial charge >= 0.3 is 0 Å². The molecular formula is C14H21ClN2O3S. The maximum atomic E-state index is 12.4. The molecule has 0 amide bonds. The second kappa shape index (κ2) is 8.48. The van der Waals surface area contributed by atoms with E-state index in [1.165, 1.54) is 12.1 Å². The molecule has 3 N–H and O–H groups in total. The lowest BCUT2D eigenvalue weighted by Gasteiger charge is -2.16. The summed E-state index contributed by atoms with van der Waals surface area (Å²) in [6.45, 7) is 1.17. The lowest BCUT2D eigenvalue weighted by atomic mass is 10.1. The largest absolute Gasteiger partial charge is 0.330 e. The zero-order chi connectivity index (χ0) is 19.5. The Morgan fingerprint density at radius 3 is 2.52 bits per heavy atom. The van der Waals surface area contributed by atoms with Crippen molar-refractivity contribution >= 4 is 27.4 Å². The number of halogens is 1. The fraction of sp³-hybridized carbons (Fsp3) is 0.500. The van der Waals surface area contributed by atoms with Gasteiger partial charge in [-0.25, -0.2) is 13.1 Å². The summed E-state index contributed by atoms with van der Waals surface area (Å²) in [6, 6.07) is 4.36. The molecule has 0 saturated carbocycles. The summed E-state index contributed by atoms with van der Waals surface area (Å²) in [5, 5.41) is 0. The Morgan fingerprint density at radius 1 is 1.38 bits per heavy atom. The molecule has 1 aromatic carbocycles. The minimum absolute atomic E-state index is 0.0899. The number of aryl methyl sites for hydroxylation is 1. The van der Waals surface area contributed by atoms with Gasteiger partial charge in [0.25, 0.3) is 0 Å². The number of Topliss-reactive ketones (excluding diaryl/α,β-unsaturated/α-hetero) is 1. The van der Waals surface area contributed by atoms with E-state index in [1.807, 2.05) is 0 Å². The maximum absolute atomic E-state index is 12.4. The Labute approximate surface area is 136 Å². The summed E-state index contributed by atoms with van der Waals surface area (Å²) in [6.07, 6.45) is -5.70. The van der Waals surface area contributed by atoms with Crippen LogP contribution in [0.5, 0.6) is 0 Å². The molecule has 1 atom stereocenters. The van der Waals surface area contributed by atoms with Crippen molar-refractivity contribution in [3.05, 3.63) is 29.8 Å². The van der Waals surface area contributed by atoms with Crippen LogP contribution in [0.25, 0.3) is 0 Å². The Morgan fingerprint density at radius 2 is 2.00 bits per heavy atom. The van der Waals surface area contributed by atoms with E-state index >= 15 is 0 Å². The summed E-state index contributed by atoms with van der Waals surface area (Å²) in [5.41, 5.74) is 6.09. The van der Waals surface area contributed by atoms with Crippen LogP contribution in [-0.4, -0.2) is 32.7 Å². The van der Waals surface area contributed by atoms with Gasteiger partial charge < -0.3 is 5.73 Å². The number of rotatable bonds is 9. The topological polar surface area (TPSA) is 89.3 Å². The lowest BCUT2D eigenvalue weighted by molar-refractivity contribution is -0.118. The number of carbonyl (C=O) groups is 1. The van der Waals surface area contributed by atoms with E-state index in [0.717, 1.165) is 5.56 Å². The number of alkyl halides is 1. The first kappa shape index (κ1) is 12.6. The van der Waals surface area contributed by atoms with E-state index in [9.17, 15) is 13.2 Å². The van der Waals surface area contributed by atoms with Crippen LogP contribution in [0.15, 0.2) is 29.2 Å². The van der Waals surface area contributed by atoms with Crippen LogP contribution in [0.2, 0.25) is 0 Å². The lowest BCUT2D eigenvalue weighted by Crippen LogP contribution is -2.41. The van der Waals surface area contributed by atoms with Gasteiger partial charge in [0.2, 0.25) is 10.0 Å². The monoisotopic (exact) mass is 340 g/mol. The predicted octanol–water partition coefficient (Wildman–Crippen LogP) is 1.58. The normalized spacial score (nSPS) is 17.3. The number of nitrogens with one attached hydrogen (secondary N) is 1. The molecule has 0 aliphatic heterocycles. The average molecular weight is 341 g/mol. The Balaban J connectivity index is 3.12. The third-order valence-electron chi connectivity index (χ3n) is 2.68. The molecule has 118 valence electrons. The molecule has 5 nitrogen and oxygen atoms in total. The maximum Gasteiger partial charge on any atom is 0.241 e. The highest BCUT2D eigenvalue weighted by Gasteiger charge is 2.24. The quantitative estimate of drug-likeness (QED) is 0.668. The third-order valence-corrected chi connectivity index (χ3v) is 4.43. The van der Waals surface area contributed by atoms with Gasteiger partial charge in [-0.05, 0) is 38.4 Å². The van der Waals surface area contributed by atoms with Gasteiger partial charge in [-0.2, -0.15) is 0 Å². The number of nitrogens with two attached hydrogens (primary N) is 1. The number of sulfonamides is 1. The van der Waals surface area contributed by atoms with Crippen LogP contribution in [0.3, 0.4) is 0 Å². The molecule has 0 radical (unpaired) electrons. The van der Waals surface area contributed by atoms with Gasteiger partial charge in [-0.1, -0.05) is 24.1 Å². The molecule has 1 aromatic rings. The van der Waals surface area contributed by atoms with Crippen LogP contribution in [0.4, 0.5) is 0 Å². The van der Waals surface area contributed by atoms with E-state index in [-0.39, 0.29) is 4.90 Å². The molecule has 0 aromatic heterocycles. The Kier molecular flexibility index (Phi) is 5.08. The van der Waals surface area contributed by atoms with Crippen molar-refractivity contribution in [2.75, 3.05) is 12.4 Å². The average Bonchev–Trinajstić information content (AvgIpc) is 2.53. The molecule has 0 aliphatic carbocycles. The fourth-order valence-corrected chi connectivity index (χ4v) is 2.94. The van der Waals surface area contributed by atoms with Gasteiger partial charge in [0.15, 0.2) is 5.78 Å². The molecular weight excluding hydrogens is 312 g/mol. The zero-order valence-corrected chi connectivity index (χ0v) is 13.2. The zero-order valence-electron chi connectivity index (χ0n) is 15.6. The van der Waals surface area contributed by atoms with Gasteiger partial charge in [-0.3, -0.25) is 4.79 Å². The van der Waals surface area contributed by atoms with Gasteiger partial charge in [0, 0.05) is 5.48 Å². The molecule has 0 saturated heterocycles. The van der Waals surface area contributed by atoms with E-state index in [2.05, 4.69) is 4.72 Å².